The van der Waals surface area contributed by atoms with Crippen LogP contribution in [0.1, 0.15) is 23.2 Å². The Labute approximate surface area is 168 Å². The van der Waals surface area contributed by atoms with Crippen molar-refractivity contribution in [3.63, 3.8) is 0 Å². The molecule has 0 bridgehead atoms. The van der Waals surface area contributed by atoms with Gasteiger partial charge in [0.25, 0.3) is 0 Å². The highest BCUT2D eigenvalue weighted by molar-refractivity contribution is 5.89. The Morgan fingerprint density at radius 2 is 1.86 bits per heavy atom. The van der Waals surface area contributed by atoms with Crippen LogP contribution in [0.3, 0.4) is 0 Å². The summed E-state index contributed by atoms with van der Waals surface area (Å²) >= 11 is 0. The van der Waals surface area contributed by atoms with Gasteiger partial charge in [-0.25, -0.2) is 4.39 Å². The molecule has 6 heteroatoms. The number of halogens is 1. The molecule has 1 atom stereocenters. The topological polar surface area (TPSA) is 62.5 Å². The minimum absolute atomic E-state index is 0.00680. The Kier molecular flexibility index (Phi) is 5.09. The first-order valence-corrected chi connectivity index (χ1v) is 9.75. The summed E-state index contributed by atoms with van der Waals surface area (Å²) in [5, 5.41) is 10.3. The number of carbonyl (C=O) groups excluding carboxylic acids is 1. The molecule has 1 aliphatic rings. The Morgan fingerprint density at radius 1 is 1.14 bits per heavy atom. The molecule has 1 amide bonds. The number of para-hydroxylation sites is 1. The molecule has 0 spiro atoms. The van der Waals surface area contributed by atoms with Gasteiger partial charge in [0.15, 0.2) is 0 Å². The second-order valence-electron chi connectivity index (χ2n) is 7.62. The van der Waals surface area contributed by atoms with E-state index in [9.17, 15) is 19.1 Å². The van der Waals surface area contributed by atoms with Crippen molar-refractivity contribution in [1.82, 2.24) is 9.47 Å². The van der Waals surface area contributed by atoms with Crippen LogP contribution in [0, 0.1) is 5.82 Å². The quantitative estimate of drug-likeness (QED) is 0.721. The molecular formula is C23H23FN2O3. The van der Waals surface area contributed by atoms with Crippen LogP contribution in [-0.2, 0) is 35.4 Å². The molecule has 2 aromatic carbocycles. The first kappa shape index (κ1) is 19.2. The van der Waals surface area contributed by atoms with Gasteiger partial charge in [0.2, 0.25) is 5.91 Å². The molecule has 0 fully saturated rings. The van der Waals surface area contributed by atoms with E-state index in [0.29, 0.717) is 6.54 Å². The first-order chi connectivity index (χ1) is 13.9. The molecule has 1 aromatic heterocycles. The van der Waals surface area contributed by atoms with Crippen molar-refractivity contribution in [3.8, 4) is 0 Å². The number of aliphatic carboxylic acids is 1. The van der Waals surface area contributed by atoms with Crippen LogP contribution in [0.4, 0.5) is 4.39 Å². The lowest BCUT2D eigenvalue weighted by Crippen LogP contribution is -2.43. The predicted octanol–water partition coefficient (Wildman–Crippen LogP) is 3.42. The van der Waals surface area contributed by atoms with Crippen molar-refractivity contribution in [2.45, 2.75) is 38.3 Å². The van der Waals surface area contributed by atoms with Gasteiger partial charge in [0, 0.05) is 36.2 Å². The van der Waals surface area contributed by atoms with Crippen LogP contribution >= 0.6 is 0 Å². The fourth-order valence-electron chi connectivity index (χ4n) is 4.30. The number of fused-ring (bicyclic) bond motifs is 3. The monoisotopic (exact) mass is 394 g/mol. The molecule has 0 saturated heterocycles. The van der Waals surface area contributed by atoms with Crippen molar-refractivity contribution in [2.24, 2.45) is 0 Å². The highest BCUT2D eigenvalue weighted by atomic mass is 19.1. The van der Waals surface area contributed by atoms with Gasteiger partial charge in [-0.3, -0.25) is 9.59 Å². The molecular weight excluding hydrogens is 371 g/mol. The van der Waals surface area contributed by atoms with Crippen molar-refractivity contribution in [3.05, 3.63) is 71.2 Å². The summed E-state index contributed by atoms with van der Waals surface area (Å²) in [6, 6.07) is 13.9. The Morgan fingerprint density at radius 3 is 2.59 bits per heavy atom. The number of carboxylic acids is 1. The lowest BCUT2D eigenvalue weighted by molar-refractivity contribution is -0.136. The summed E-state index contributed by atoms with van der Waals surface area (Å²) in [5.74, 6) is -1.16. The van der Waals surface area contributed by atoms with Gasteiger partial charge in [0.05, 0.1) is 12.8 Å². The van der Waals surface area contributed by atoms with Crippen LogP contribution in [0.5, 0.6) is 0 Å². The number of carbonyl (C=O) groups is 2. The van der Waals surface area contributed by atoms with Crippen LogP contribution in [-0.4, -0.2) is 39.5 Å². The van der Waals surface area contributed by atoms with Crippen molar-refractivity contribution < 1.29 is 19.1 Å². The predicted molar refractivity (Wildman–Crippen MR) is 108 cm³/mol. The second-order valence-corrected chi connectivity index (χ2v) is 7.62. The van der Waals surface area contributed by atoms with Crippen LogP contribution in [0.2, 0.25) is 0 Å². The summed E-state index contributed by atoms with van der Waals surface area (Å²) < 4.78 is 15.3. The third kappa shape index (κ3) is 3.75. The minimum atomic E-state index is -0.835. The Bertz CT molecular complexity index is 1070. The van der Waals surface area contributed by atoms with Crippen molar-refractivity contribution in [2.75, 3.05) is 7.05 Å². The molecule has 0 radical (unpaired) electrons. The second kappa shape index (κ2) is 7.70. The number of amides is 1. The van der Waals surface area contributed by atoms with Gasteiger partial charge < -0.3 is 14.6 Å². The number of benzene rings is 2. The van der Waals surface area contributed by atoms with Gasteiger partial charge in [-0.05, 0) is 42.2 Å². The molecule has 1 aliphatic heterocycles. The van der Waals surface area contributed by atoms with Gasteiger partial charge in [-0.15, -0.1) is 0 Å². The van der Waals surface area contributed by atoms with Crippen LogP contribution < -0.4 is 0 Å². The molecule has 3 aromatic rings. The van der Waals surface area contributed by atoms with E-state index in [4.69, 9.17) is 0 Å². The maximum atomic E-state index is 13.1. The first-order valence-electron chi connectivity index (χ1n) is 9.75. The normalized spacial score (nSPS) is 15.9. The molecule has 0 aliphatic carbocycles. The number of rotatable bonds is 5. The zero-order chi connectivity index (χ0) is 20.5. The van der Waals surface area contributed by atoms with Crippen molar-refractivity contribution in [1.29, 1.82) is 0 Å². The number of hydrogen-bond acceptors (Lipinski definition) is 2. The molecule has 29 heavy (non-hydrogen) atoms. The zero-order valence-corrected chi connectivity index (χ0v) is 16.3. The Balaban J connectivity index is 1.57. The van der Waals surface area contributed by atoms with E-state index in [2.05, 4.69) is 4.57 Å². The third-order valence-electron chi connectivity index (χ3n) is 5.84. The van der Waals surface area contributed by atoms with Gasteiger partial charge in [-0.1, -0.05) is 30.3 Å². The Hall–Kier alpha value is -3.15. The highest BCUT2D eigenvalue weighted by Crippen LogP contribution is 2.32. The van der Waals surface area contributed by atoms with E-state index in [1.807, 2.05) is 31.3 Å². The van der Waals surface area contributed by atoms with E-state index in [0.717, 1.165) is 40.6 Å². The van der Waals surface area contributed by atoms with E-state index in [-0.39, 0.29) is 30.6 Å². The van der Waals surface area contributed by atoms with E-state index in [1.165, 1.54) is 12.1 Å². The van der Waals surface area contributed by atoms with Crippen molar-refractivity contribution >= 4 is 22.8 Å². The average Bonchev–Trinajstić information content (AvgIpc) is 3.02. The van der Waals surface area contributed by atoms with Crippen LogP contribution in [0.15, 0.2) is 48.5 Å². The molecule has 2 heterocycles. The summed E-state index contributed by atoms with van der Waals surface area (Å²) in [6.45, 7) is 0.640. The maximum Gasteiger partial charge on any atom is 0.307 e. The number of aromatic nitrogens is 1. The van der Waals surface area contributed by atoms with Gasteiger partial charge in [-0.2, -0.15) is 0 Å². The van der Waals surface area contributed by atoms with E-state index in [1.54, 1.807) is 17.0 Å². The molecule has 1 N–H and O–H groups in total. The van der Waals surface area contributed by atoms with Gasteiger partial charge in [0.1, 0.15) is 5.82 Å². The van der Waals surface area contributed by atoms with Gasteiger partial charge >= 0.3 is 5.97 Å². The summed E-state index contributed by atoms with van der Waals surface area (Å²) in [6.07, 6.45) is 1.76. The zero-order valence-electron chi connectivity index (χ0n) is 16.3. The maximum absolute atomic E-state index is 13.1. The summed E-state index contributed by atoms with van der Waals surface area (Å²) in [4.78, 5) is 25.9. The SMILES string of the molecule is CN(C(=O)Cc1ccc(F)cc1)[C@@H]1CCc2c(CC(=O)O)c3ccccc3n2C1. The average molecular weight is 394 g/mol. The lowest BCUT2D eigenvalue weighted by Gasteiger charge is -2.33. The largest absolute Gasteiger partial charge is 0.481 e. The highest BCUT2D eigenvalue weighted by Gasteiger charge is 2.29. The number of nitrogens with zero attached hydrogens (tertiary/aromatic N) is 2. The minimum Gasteiger partial charge on any atom is -0.481 e. The number of likely N-dealkylation sites (N-methyl/N-ethyl adjacent to an activating group) is 1. The molecule has 150 valence electrons. The summed E-state index contributed by atoms with van der Waals surface area (Å²) in [5.41, 5.74) is 3.74. The molecule has 0 unspecified atom stereocenters. The third-order valence-corrected chi connectivity index (χ3v) is 5.84. The number of hydrogen-bond donors (Lipinski definition) is 1. The summed E-state index contributed by atoms with van der Waals surface area (Å²) in [7, 11) is 1.81. The number of carboxylic acid groups (broad SMARTS) is 1. The molecule has 5 nitrogen and oxygen atoms in total. The van der Waals surface area contributed by atoms with E-state index >= 15 is 0 Å². The van der Waals surface area contributed by atoms with Crippen LogP contribution in [0.25, 0.3) is 10.9 Å². The fourth-order valence-corrected chi connectivity index (χ4v) is 4.30. The van der Waals surface area contributed by atoms with E-state index < -0.39 is 5.97 Å². The lowest BCUT2D eigenvalue weighted by atomic mass is 9.99. The standard InChI is InChI=1S/C23H23FN2O3/c1-25(22(27)12-15-6-8-16(24)9-7-15)17-10-11-21-19(13-23(28)29)18-4-2-3-5-20(18)26(21)14-17/h2-9,17H,10-14H2,1H3,(H,28,29)/t17-/m1/s1. The molecule has 0 saturated carbocycles. The smallest absolute Gasteiger partial charge is 0.307 e. The fraction of sp³-hybridized carbons (Fsp3) is 0.304. The molecule has 4 rings (SSSR count).